The molecule has 11 heavy (non-hydrogen) atoms. The average molecular weight is 188 g/mol. The van der Waals surface area contributed by atoms with Gasteiger partial charge >= 0.3 is 16.4 Å². The number of carbonyl (C=O) groups is 1. The number of carbonyl (C=O) groups excluding carboxylic acids is 1. The van der Waals surface area contributed by atoms with Crippen LogP contribution >= 0.6 is 0 Å². The molecule has 0 heterocycles. The first-order chi connectivity index (χ1) is 4.81. The first-order valence-corrected chi connectivity index (χ1v) is 3.38. The van der Waals surface area contributed by atoms with E-state index in [-0.39, 0.29) is 0 Å². The Morgan fingerprint density at radius 1 is 1.18 bits per heavy atom. The third-order valence-electron chi connectivity index (χ3n) is 0.262. The maximum atomic E-state index is 9.71. The highest BCUT2D eigenvalue weighted by molar-refractivity contribution is 7.79. The fraction of sp³-hybridized carbons (Fsp3) is 0. The number of rotatable bonds is 0. The van der Waals surface area contributed by atoms with Crippen LogP contribution in [0.1, 0.15) is 0 Å². The van der Waals surface area contributed by atoms with Crippen molar-refractivity contribution in [1.82, 2.24) is 10.9 Å². The van der Waals surface area contributed by atoms with Gasteiger partial charge in [-0.25, -0.2) is 16.5 Å². The first-order valence-electron chi connectivity index (χ1n) is 1.98. The summed E-state index contributed by atoms with van der Waals surface area (Å²) in [5, 5.41) is 0. The van der Waals surface area contributed by atoms with Crippen LogP contribution in [0.4, 0.5) is 4.79 Å². The number of amides is 2. The Bertz CT molecular complexity index is 183. The molecular formula is CH8N4O5S. The minimum absolute atomic E-state index is 0.602. The van der Waals surface area contributed by atoms with E-state index in [1.807, 2.05) is 0 Å². The zero-order chi connectivity index (χ0) is 9.49. The van der Waals surface area contributed by atoms with Crippen LogP contribution in [0.15, 0.2) is 0 Å². The SMILES string of the molecule is NNC(=O)NN.O=S(=O)(O)O. The Balaban J connectivity index is 0. The van der Waals surface area contributed by atoms with Gasteiger partial charge in [-0.1, -0.05) is 0 Å². The second-order valence-corrected chi connectivity index (χ2v) is 1.96. The van der Waals surface area contributed by atoms with E-state index in [1.165, 1.54) is 0 Å². The van der Waals surface area contributed by atoms with Crippen molar-refractivity contribution >= 4 is 16.4 Å². The molecule has 0 rings (SSSR count). The molecule has 68 valence electrons. The summed E-state index contributed by atoms with van der Waals surface area (Å²) in [5.74, 6) is 9.08. The van der Waals surface area contributed by atoms with Crippen LogP contribution in [0, 0.1) is 0 Å². The molecule has 0 aliphatic carbocycles. The fourth-order valence-corrected chi connectivity index (χ4v) is 0.0417. The van der Waals surface area contributed by atoms with Gasteiger partial charge in [0.1, 0.15) is 0 Å². The zero-order valence-electron chi connectivity index (χ0n) is 5.18. The minimum atomic E-state index is -4.67. The maximum Gasteiger partial charge on any atom is 0.394 e. The number of hydrogen-bond donors (Lipinski definition) is 6. The summed E-state index contributed by atoms with van der Waals surface area (Å²) in [5.41, 5.74) is 3.48. The lowest BCUT2D eigenvalue weighted by atomic mass is 11.1. The van der Waals surface area contributed by atoms with E-state index >= 15 is 0 Å². The Morgan fingerprint density at radius 3 is 1.36 bits per heavy atom. The number of nitrogens with two attached hydrogens (primary N) is 2. The highest BCUT2D eigenvalue weighted by Crippen LogP contribution is 1.59. The van der Waals surface area contributed by atoms with Crippen LogP contribution in [0.25, 0.3) is 0 Å². The van der Waals surface area contributed by atoms with Crippen LogP contribution in [0.2, 0.25) is 0 Å². The summed E-state index contributed by atoms with van der Waals surface area (Å²) in [7, 11) is -4.67. The predicted octanol–water partition coefficient (Wildman–Crippen LogP) is -2.62. The average Bonchev–Trinajstić information content (AvgIpc) is 1.83. The fourth-order valence-electron chi connectivity index (χ4n) is 0.0417. The van der Waals surface area contributed by atoms with Gasteiger partial charge in [0.15, 0.2) is 0 Å². The van der Waals surface area contributed by atoms with Crippen molar-refractivity contribution in [2.75, 3.05) is 0 Å². The van der Waals surface area contributed by atoms with Gasteiger partial charge in [0.25, 0.3) is 0 Å². The van der Waals surface area contributed by atoms with Gasteiger partial charge in [0, 0.05) is 0 Å². The van der Waals surface area contributed by atoms with E-state index in [4.69, 9.17) is 17.5 Å². The van der Waals surface area contributed by atoms with Crippen molar-refractivity contribution in [2.24, 2.45) is 11.7 Å². The molecule has 0 aromatic heterocycles. The molecule has 0 spiro atoms. The standard InChI is InChI=1S/CH6N4O.H2O4S/c2-4-1(6)5-3;1-5(2,3)4/h2-3H2,(H2,4,5,6);(H2,1,2,3,4). The summed E-state index contributed by atoms with van der Waals surface area (Å²) in [4.78, 5) is 9.71. The summed E-state index contributed by atoms with van der Waals surface area (Å²) in [6.07, 6.45) is 0. The molecule has 0 aromatic carbocycles. The molecule has 8 N–H and O–H groups in total. The molecule has 0 aliphatic rings. The monoisotopic (exact) mass is 188 g/mol. The minimum Gasteiger partial charge on any atom is -0.275 e. The summed E-state index contributed by atoms with van der Waals surface area (Å²) in [6, 6.07) is -0.602. The molecule has 10 heteroatoms. The predicted molar refractivity (Wildman–Crippen MR) is 34.2 cm³/mol. The first kappa shape index (κ1) is 12.7. The van der Waals surface area contributed by atoms with Crippen molar-refractivity contribution < 1.29 is 22.3 Å². The third-order valence-corrected chi connectivity index (χ3v) is 0.262. The van der Waals surface area contributed by atoms with Crippen LogP contribution in [-0.2, 0) is 10.4 Å². The van der Waals surface area contributed by atoms with Gasteiger partial charge in [0.2, 0.25) is 0 Å². The Labute approximate surface area is 62.3 Å². The number of nitrogens with one attached hydrogen (secondary N) is 2. The molecule has 0 saturated carbocycles. The molecule has 9 nitrogen and oxygen atoms in total. The van der Waals surface area contributed by atoms with E-state index in [0.717, 1.165) is 0 Å². The van der Waals surface area contributed by atoms with Crippen molar-refractivity contribution in [2.45, 2.75) is 0 Å². The van der Waals surface area contributed by atoms with E-state index in [9.17, 15) is 4.79 Å². The maximum absolute atomic E-state index is 9.71. The van der Waals surface area contributed by atoms with Gasteiger partial charge in [-0.3, -0.25) is 20.0 Å². The smallest absolute Gasteiger partial charge is 0.275 e. The Kier molecular flexibility index (Phi) is 6.72. The third kappa shape index (κ3) is 48.2. The largest absolute Gasteiger partial charge is 0.394 e. The topological polar surface area (TPSA) is 168 Å². The Morgan fingerprint density at radius 2 is 1.36 bits per heavy atom. The number of urea groups is 1. The molecule has 0 bridgehead atoms. The quantitative estimate of drug-likeness (QED) is 0.105. The zero-order valence-corrected chi connectivity index (χ0v) is 6.00. The van der Waals surface area contributed by atoms with Crippen molar-refractivity contribution in [1.29, 1.82) is 0 Å². The van der Waals surface area contributed by atoms with Crippen molar-refractivity contribution in [3.05, 3.63) is 0 Å². The highest BCUT2D eigenvalue weighted by atomic mass is 32.3. The molecule has 0 saturated heterocycles. The molecule has 2 amide bonds. The molecular weight excluding hydrogens is 180 g/mol. The number of hydrazine groups is 2. The second kappa shape index (κ2) is 5.82. The Hall–Kier alpha value is -0.940. The summed E-state index contributed by atoms with van der Waals surface area (Å²) in [6.45, 7) is 0. The van der Waals surface area contributed by atoms with Crippen LogP contribution in [0.3, 0.4) is 0 Å². The molecule has 0 radical (unpaired) electrons. The lowest BCUT2D eigenvalue weighted by Gasteiger charge is -1.90. The summed E-state index contributed by atoms with van der Waals surface area (Å²) >= 11 is 0. The second-order valence-electron chi connectivity index (χ2n) is 1.07. The lowest BCUT2D eigenvalue weighted by molar-refractivity contribution is 0.241. The van der Waals surface area contributed by atoms with Crippen LogP contribution in [-0.4, -0.2) is 23.6 Å². The summed E-state index contributed by atoms with van der Waals surface area (Å²) < 4.78 is 31.6. The molecule has 0 atom stereocenters. The van der Waals surface area contributed by atoms with E-state index in [1.54, 1.807) is 10.9 Å². The van der Waals surface area contributed by atoms with Gasteiger partial charge < -0.3 is 0 Å². The van der Waals surface area contributed by atoms with Crippen LogP contribution in [0.5, 0.6) is 0 Å². The molecule has 0 aliphatic heterocycles. The number of hydrogen-bond acceptors (Lipinski definition) is 5. The van der Waals surface area contributed by atoms with E-state index in [0.29, 0.717) is 0 Å². The highest BCUT2D eigenvalue weighted by Gasteiger charge is 1.84. The van der Waals surface area contributed by atoms with Gasteiger partial charge in [-0.05, 0) is 0 Å². The molecule has 0 aromatic rings. The normalized spacial score (nSPS) is 9.09. The van der Waals surface area contributed by atoms with Gasteiger partial charge in [-0.15, -0.1) is 0 Å². The van der Waals surface area contributed by atoms with E-state index < -0.39 is 16.4 Å². The lowest BCUT2D eigenvalue weighted by Crippen LogP contribution is -2.43. The van der Waals surface area contributed by atoms with Crippen molar-refractivity contribution in [3.8, 4) is 0 Å². The van der Waals surface area contributed by atoms with Gasteiger partial charge in [-0.2, -0.15) is 8.42 Å². The molecule has 0 unspecified atom stereocenters. The van der Waals surface area contributed by atoms with Crippen LogP contribution < -0.4 is 22.5 Å². The van der Waals surface area contributed by atoms with Crippen molar-refractivity contribution in [3.63, 3.8) is 0 Å². The van der Waals surface area contributed by atoms with Gasteiger partial charge in [0.05, 0.1) is 0 Å². The molecule has 0 fully saturated rings. The van der Waals surface area contributed by atoms with E-state index in [2.05, 4.69) is 11.7 Å².